The molecule has 2 N–H and O–H groups in total. The van der Waals surface area contributed by atoms with Crippen LogP contribution in [0.5, 0.6) is 5.75 Å². The average Bonchev–Trinajstić information content (AvgIpc) is 2.62. The van der Waals surface area contributed by atoms with Crippen LogP contribution in [0.15, 0.2) is 54.6 Å². The minimum absolute atomic E-state index is 0.602. The minimum atomic E-state index is 0.602. The first-order valence-electron chi connectivity index (χ1n) is 8.30. The number of piperazine rings is 1. The monoisotopic (exact) mass is 311 g/mol. The predicted molar refractivity (Wildman–Crippen MR) is 94.9 cm³/mol. The summed E-state index contributed by atoms with van der Waals surface area (Å²) in [6.45, 7) is 6.48. The van der Waals surface area contributed by atoms with E-state index in [-0.39, 0.29) is 0 Å². The van der Waals surface area contributed by atoms with E-state index in [2.05, 4.69) is 40.1 Å². The Kier molecular flexibility index (Phi) is 5.51. The van der Waals surface area contributed by atoms with Crippen molar-refractivity contribution in [3.63, 3.8) is 0 Å². The van der Waals surface area contributed by atoms with Crippen molar-refractivity contribution in [2.45, 2.75) is 6.61 Å². The molecule has 1 aliphatic heterocycles. The SMILES string of the molecule is NCCN1CCN(c2ccccc2OCc2ccccc2)CC1. The number of hydrogen-bond acceptors (Lipinski definition) is 4. The Labute approximate surface area is 138 Å². The summed E-state index contributed by atoms with van der Waals surface area (Å²) in [5.41, 5.74) is 8.03. The Morgan fingerprint density at radius 1 is 0.870 bits per heavy atom. The van der Waals surface area contributed by atoms with Crippen molar-refractivity contribution in [3.05, 3.63) is 60.2 Å². The number of hydrogen-bond donors (Lipinski definition) is 1. The predicted octanol–water partition coefficient (Wildman–Crippen LogP) is 2.35. The lowest BCUT2D eigenvalue weighted by molar-refractivity contribution is 0.262. The lowest BCUT2D eigenvalue weighted by Crippen LogP contribution is -2.47. The zero-order chi connectivity index (χ0) is 15.9. The summed E-state index contributed by atoms with van der Waals surface area (Å²) in [5.74, 6) is 0.962. The number of para-hydroxylation sites is 2. The molecule has 0 aromatic heterocycles. The van der Waals surface area contributed by atoms with Gasteiger partial charge in [0.05, 0.1) is 5.69 Å². The van der Waals surface area contributed by atoms with Crippen LogP contribution < -0.4 is 15.4 Å². The first kappa shape index (κ1) is 15.8. The smallest absolute Gasteiger partial charge is 0.143 e. The summed E-state index contributed by atoms with van der Waals surface area (Å²) >= 11 is 0. The number of nitrogens with zero attached hydrogens (tertiary/aromatic N) is 2. The fourth-order valence-electron chi connectivity index (χ4n) is 2.97. The lowest BCUT2D eigenvalue weighted by Gasteiger charge is -2.36. The molecule has 122 valence electrons. The van der Waals surface area contributed by atoms with Crippen LogP contribution in [0.2, 0.25) is 0 Å². The summed E-state index contributed by atoms with van der Waals surface area (Å²) in [5, 5.41) is 0. The van der Waals surface area contributed by atoms with E-state index in [1.54, 1.807) is 0 Å². The van der Waals surface area contributed by atoms with Gasteiger partial charge in [0.1, 0.15) is 12.4 Å². The van der Waals surface area contributed by atoms with Crippen LogP contribution in [-0.4, -0.2) is 44.2 Å². The summed E-state index contributed by atoms with van der Waals surface area (Å²) in [6, 6.07) is 18.6. The van der Waals surface area contributed by atoms with Crippen molar-refractivity contribution in [2.75, 3.05) is 44.2 Å². The topological polar surface area (TPSA) is 41.7 Å². The molecule has 1 fully saturated rings. The maximum Gasteiger partial charge on any atom is 0.143 e. The number of anilines is 1. The van der Waals surface area contributed by atoms with E-state index in [9.17, 15) is 0 Å². The third kappa shape index (κ3) is 4.24. The zero-order valence-electron chi connectivity index (χ0n) is 13.5. The fourth-order valence-corrected chi connectivity index (χ4v) is 2.97. The van der Waals surface area contributed by atoms with Gasteiger partial charge in [-0.1, -0.05) is 42.5 Å². The first-order chi connectivity index (χ1) is 11.4. The van der Waals surface area contributed by atoms with Crippen molar-refractivity contribution in [3.8, 4) is 5.75 Å². The van der Waals surface area contributed by atoms with Crippen LogP contribution >= 0.6 is 0 Å². The van der Waals surface area contributed by atoms with Gasteiger partial charge in [0.2, 0.25) is 0 Å². The highest BCUT2D eigenvalue weighted by Crippen LogP contribution is 2.29. The van der Waals surface area contributed by atoms with Crippen LogP contribution in [-0.2, 0) is 6.61 Å². The molecule has 0 radical (unpaired) electrons. The molecule has 0 saturated carbocycles. The summed E-state index contributed by atoms with van der Waals surface area (Å²) in [4.78, 5) is 4.83. The maximum absolute atomic E-state index is 6.08. The second-order valence-corrected chi connectivity index (χ2v) is 5.86. The van der Waals surface area contributed by atoms with E-state index in [1.807, 2.05) is 24.3 Å². The number of rotatable bonds is 6. The maximum atomic E-state index is 6.08. The molecule has 0 spiro atoms. The first-order valence-corrected chi connectivity index (χ1v) is 8.30. The quantitative estimate of drug-likeness (QED) is 0.889. The van der Waals surface area contributed by atoms with Gasteiger partial charge in [-0.2, -0.15) is 0 Å². The second-order valence-electron chi connectivity index (χ2n) is 5.86. The molecule has 2 aromatic carbocycles. The molecule has 0 aliphatic carbocycles. The van der Waals surface area contributed by atoms with Gasteiger partial charge in [-0.3, -0.25) is 4.90 Å². The van der Waals surface area contributed by atoms with Crippen molar-refractivity contribution < 1.29 is 4.74 Å². The van der Waals surface area contributed by atoms with Crippen molar-refractivity contribution in [1.82, 2.24) is 4.90 Å². The Morgan fingerprint density at radius 2 is 1.57 bits per heavy atom. The van der Waals surface area contributed by atoms with Crippen molar-refractivity contribution >= 4 is 5.69 Å². The van der Waals surface area contributed by atoms with Gasteiger partial charge in [0, 0.05) is 39.3 Å². The molecule has 1 heterocycles. The number of benzene rings is 2. The van der Waals surface area contributed by atoms with Gasteiger partial charge >= 0.3 is 0 Å². The van der Waals surface area contributed by atoms with E-state index in [0.29, 0.717) is 6.61 Å². The molecule has 0 amide bonds. The summed E-state index contributed by atoms with van der Waals surface area (Å²) in [7, 11) is 0. The molecule has 4 heteroatoms. The van der Waals surface area contributed by atoms with Gasteiger partial charge in [-0.15, -0.1) is 0 Å². The van der Waals surface area contributed by atoms with Gasteiger partial charge in [0.25, 0.3) is 0 Å². The van der Waals surface area contributed by atoms with Crippen LogP contribution in [0.25, 0.3) is 0 Å². The molecule has 23 heavy (non-hydrogen) atoms. The second kappa shape index (κ2) is 7.99. The molecular formula is C19H25N3O. The molecule has 0 atom stereocenters. The van der Waals surface area contributed by atoms with E-state index in [4.69, 9.17) is 10.5 Å². The van der Waals surface area contributed by atoms with Crippen molar-refractivity contribution in [1.29, 1.82) is 0 Å². The zero-order valence-corrected chi connectivity index (χ0v) is 13.5. The van der Waals surface area contributed by atoms with Crippen LogP contribution in [0.4, 0.5) is 5.69 Å². The highest BCUT2D eigenvalue weighted by Gasteiger charge is 2.19. The molecule has 0 unspecified atom stereocenters. The van der Waals surface area contributed by atoms with Gasteiger partial charge in [0.15, 0.2) is 0 Å². The molecule has 0 bridgehead atoms. The fraction of sp³-hybridized carbons (Fsp3) is 0.368. The largest absolute Gasteiger partial charge is 0.487 e. The highest BCUT2D eigenvalue weighted by atomic mass is 16.5. The number of nitrogens with two attached hydrogens (primary N) is 1. The Balaban J connectivity index is 1.64. The van der Waals surface area contributed by atoms with Gasteiger partial charge in [-0.25, -0.2) is 0 Å². The molecule has 2 aromatic rings. The third-order valence-electron chi connectivity index (χ3n) is 4.26. The van der Waals surface area contributed by atoms with Crippen LogP contribution in [0.3, 0.4) is 0 Å². The summed E-state index contributed by atoms with van der Waals surface area (Å²) < 4.78 is 6.08. The Bertz CT molecular complexity index is 595. The van der Waals surface area contributed by atoms with E-state index < -0.39 is 0 Å². The molecular weight excluding hydrogens is 286 g/mol. The molecule has 4 nitrogen and oxygen atoms in total. The van der Waals surface area contributed by atoms with E-state index in [0.717, 1.165) is 45.0 Å². The highest BCUT2D eigenvalue weighted by molar-refractivity contribution is 5.58. The minimum Gasteiger partial charge on any atom is -0.487 e. The lowest BCUT2D eigenvalue weighted by atomic mass is 10.2. The Hall–Kier alpha value is -2.04. The van der Waals surface area contributed by atoms with E-state index in [1.165, 1.54) is 11.3 Å². The molecule has 1 saturated heterocycles. The molecule has 3 rings (SSSR count). The van der Waals surface area contributed by atoms with E-state index >= 15 is 0 Å². The standard InChI is InChI=1S/C19H25N3O/c20-10-11-21-12-14-22(15-13-21)18-8-4-5-9-19(18)23-16-17-6-2-1-3-7-17/h1-9H,10-16,20H2. The number of ether oxygens (including phenoxy) is 1. The third-order valence-corrected chi connectivity index (χ3v) is 4.26. The summed E-state index contributed by atoms with van der Waals surface area (Å²) in [6.07, 6.45) is 0. The van der Waals surface area contributed by atoms with Crippen LogP contribution in [0, 0.1) is 0 Å². The average molecular weight is 311 g/mol. The normalized spacial score (nSPS) is 15.6. The van der Waals surface area contributed by atoms with Crippen LogP contribution in [0.1, 0.15) is 5.56 Å². The van der Waals surface area contributed by atoms with Crippen molar-refractivity contribution in [2.24, 2.45) is 5.73 Å². The molecule has 1 aliphatic rings. The van der Waals surface area contributed by atoms with Gasteiger partial charge in [-0.05, 0) is 17.7 Å². The Morgan fingerprint density at radius 3 is 2.30 bits per heavy atom. The van der Waals surface area contributed by atoms with Gasteiger partial charge < -0.3 is 15.4 Å².